The van der Waals surface area contributed by atoms with Crippen LogP contribution in [0.25, 0.3) is 0 Å². The van der Waals surface area contributed by atoms with Crippen molar-refractivity contribution in [2.24, 2.45) is 5.29 Å². The number of sulfonamides is 1. The normalized spacial score (nSPS) is 11.1. The molecule has 7 heteroatoms. The van der Waals surface area contributed by atoms with E-state index in [4.69, 9.17) is 11.6 Å². The molecule has 0 unspecified atom stereocenters. The van der Waals surface area contributed by atoms with Gasteiger partial charge in [0.25, 0.3) is 10.0 Å². The van der Waals surface area contributed by atoms with Crippen molar-refractivity contribution >= 4 is 21.6 Å². The predicted octanol–water partition coefficient (Wildman–Crippen LogP) is 3.52. The molecule has 0 atom stereocenters. The molecule has 0 saturated carbocycles. The van der Waals surface area contributed by atoms with E-state index >= 15 is 0 Å². The first-order valence-electron chi connectivity index (χ1n) is 6.10. The number of nitroso groups, excluding NO2 is 1. The highest BCUT2D eigenvalue weighted by molar-refractivity contribution is 7.89. The summed E-state index contributed by atoms with van der Waals surface area (Å²) in [5.74, 6) is 0. The lowest BCUT2D eigenvalue weighted by Gasteiger charge is -2.16. The number of hydrogen-bond donors (Lipinski definition) is 0. The van der Waals surface area contributed by atoms with Crippen LogP contribution >= 0.6 is 11.6 Å². The summed E-state index contributed by atoms with van der Waals surface area (Å²) in [6, 6.07) is 12.8. The second kappa shape index (κ2) is 6.24. The van der Waals surface area contributed by atoms with Crippen molar-refractivity contribution in [1.29, 1.82) is 0 Å². The Balaban J connectivity index is 2.31. The van der Waals surface area contributed by atoms with E-state index in [0.717, 1.165) is 5.56 Å². The molecule has 0 N–H and O–H groups in total. The first-order chi connectivity index (χ1) is 9.93. The fourth-order valence-corrected chi connectivity index (χ4v) is 3.12. The van der Waals surface area contributed by atoms with Crippen molar-refractivity contribution in [3.05, 3.63) is 69.6 Å². The summed E-state index contributed by atoms with van der Waals surface area (Å²) in [6.07, 6.45) is 0. The Hall–Kier alpha value is -1.92. The monoisotopic (exact) mass is 324 g/mol. The van der Waals surface area contributed by atoms with Crippen LogP contribution in [0.4, 0.5) is 0 Å². The Kier molecular flexibility index (Phi) is 4.59. The zero-order valence-corrected chi connectivity index (χ0v) is 12.8. The molecule has 0 saturated heterocycles. The van der Waals surface area contributed by atoms with E-state index < -0.39 is 10.0 Å². The molecule has 0 aliphatic rings. The lowest BCUT2D eigenvalue weighted by atomic mass is 10.2. The van der Waals surface area contributed by atoms with E-state index in [-0.39, 0.29) is 11.4 Å². The molecule has 2 aromatic carbocycles. The van der Waals surface area contributed by atoms with E-state index in [9.17, 15) is 13.3 Å². The van der Waals surface area contributed by atoms with Gasteiger partial charge >= 0.3 is 0 Å². The SMILES string of the molecule is Cc1ccc(S(=O)(=O)N(Cc2cccc(Cl)c2)N=O)cc1. The van der Waals surface area contributed by atoms with E-state index in [1.54, 1.807) is 36.4 Å². The highest BCUT2D eigenvalue weighted by Gasteiger charge is 2.24. The Morgan fingerprint density at radius 1 is 1.14 bits per heavy atom. The third-order valence-corrected chi connectivity index (χ3v) is 4.75. The van der Waals surface area contributed by atoms with Crippen LogP contribution in [0.1, 0.15) is 11.1 Å². The average Bonchev–Trinajstić information content (AvgIpc) is 2.45. The maximum absolute atomic E-state index is 12.4. The third kappa shape index (κ3) is 3.59. The molecule has 0 heterocycles. The minimum absolute atomic E-state index is 0.0229. The summed E-state index contributed by atoms with van der Waals surface area (Å²) in [5.41, 5.74) is 1.51. The number of rotatable bonds is 5. The first kappa shape index (κ1) is 15.5. The molecule has 0 fully saturated rings. The van der Waals surface area contributed by atoms with Gasteiger partial charge in [-0.1, -0.05) is 41.4 Å². The molecule has 0 aliphatic heterocycles. The van der Waals surface area contributed by atoms with Crippen molar-refractivity contribution in [3.8, 4) is 0 Å². The Morgan fingerprint density at radius 2 is 1.81 bits per heavy atom. The standard InChI is InChI=1S/C14H13ClN2O3S/c1-11-5-7-14(8-6-11)21(19,20)17(16-18)10-12-3-2-4-13(15)9-12/h2-9H,10H2,1H3. The van der Waals surface area contributed by atoms with E-state index in [0.29, 0.717) is 15.0 Å². The summed E-state index contributed by atoms with van der Waals surface area (Å²) in [4.78, 5) is 11.0. The van der Waals surface area contributed by atoms with Gasteiger partial charge in [-0.2, -0.15) is 8.42 Å². The number of benzene rings is 2. The fourth-order valence-electron chi connectivity index (χ4n) is 1.78. The number of halogens is 1. The molecule has 0 aromatic heterocycles. The first-order valence-corrected chi connectivity index (χ1v) is 7.92. The maximum Gasteiger partial charge on any atom is 0.281 e. The lowest BCUT2D eigenvalue weighted by Crippen LogP contribution is -2.25. The van der Waals surface area contributed by atoms with Gasteiger partial charge in [0.2, 0.25) is 0 Å². The second-order valence-corrected chi connectivity index (χ2v) is 6.79. The van der Waals surface area contributed by atoms with Crippen molar-refractivity contribution in [2.45, 2.75) is 18.4 Å². The smallest absolute Gasteiger partial charge is 0.200 e. The van der Waals surface area contributed by atoms with Gasteiger partial charge in [-0.15, -0.1) is 9.32 Å². The van der Waals surface area contributed by atoms with Gasteiger partial charge in [-0.3, -0.25) is 0 Å². The molecule has 0 amide bonds. The van der Waals surface area contributed by atoms with Crippen LogP contribution in [-0.4, -0.2) is 12.8 Å². The summed E-state index contributed by atoms with van der Waals surface area (Å²) < 4.78 is 25.2. The van der Waals surface area contributed by atoms with Crippen LogP contribution in [0, 0.1) is 11.8 Å². The fraction of sp³-hybridized carbons (Fsp3) is 0.143. The second-order valence-electron chi connectivity index (χ2n) is 4.51. The molecule has 0 bridgehead atoms. The number of hydrogen-bond acceptors (Lipinski definition) is 4. The van der Waals surface area contributed by atoms with Crippen molar-refractivity contribution < 1.29 is 8.42 Å². The van der Waals surface area contributed by atoms with Gasteiger partial charge in [-0.25, -0.2) is 0 Å². The van der Waals surface area contributed by atoms with Crippen LogP contribution in [0.2, 0.25) is 5.02 Å². The number of nitrogens with zero attached hydrogens (tertiary/aromatic N) is 2. The van der Waals surface area contributed by atoms with Crippen molar-refractivity contribution in [1.82, 2.24) is 4.41 Å². The highest BCUT2D eigenvalue weighted by Crippen LogP contribution is 2.20. The molecular formula is C14H13ClN2O3S. The summed E-state index contributed by atoms with van der Waals surface area (Å²) in [5, 5.41) is 3.10. The Labute approximate surface area is 128 Å². The minimum Gasteiger partial charge on any atom is -0.200 e. The topological polar surface area (TPSA) is 66.8 Å². The van der Waals surface area contributed by atoms with E-state index in [1.807, 2.05) is 6.92 Å². The molecule has 21 heavy (non-hydrogen) atoms. The quantitative estimate of drug-likeness (QED) is 0.624. The van der Waals surface area contributed by atoms with Gasteiger partial charge in [0, 0.05) is 5.02 Å². The van der Waals surface area contributed by atoms with Crippen LogP contribution < -0.4 is 0 Å². The highest BCUT2D eigenvalue weighted by atomic mass is 35.5. The summed E-state index contributed by atoms with van der Waals surface area (Å²) in [7, 11) is -3.97. The van der Waals surface area contributed by atoms with Gasteiger partial charge in [0.15, 0.2) is 0 Å². The predicted molar refractivity (Wildman–Crippen MR) is 81.2 cm³/mol. The molecule has 0 radical (unpaired) electrons. The van der Waals surface area contributed by atoms with Gasteiger partial charge in [0.05, 0.1) is 16.7 Å². The Morgan fingerprint density at radius 3 is 2.38 bits per heavy atom. The van der Waals surface area contributed by atoms with Crippen LogP contribution in [0.3, 0.4) is 0 Å². The molecule has 2 rings (SSSR count). The molecule has 0 aliphatic carbocycles. The minimum atomic E-state index is -3.97. The van der Waals surface area contributed by atoms with Crippen molar-refractivity contribution in [3.63, 3.8) is 0 Å². The molecule has 2 aromatic rings. The van der Waals surface area contributed by atoms with E-state index in [1.165, 1.54) is 12.1 Å². The Bertz CT molecular complexity index is 745. The maximum atomic E-state index is 12.4. The zero-order chi connectivity index (χ0) is 15.5. The van der Waals surface area contributed by atoms with Crippen LogP contribution in [0.5, 0.6) is 0 Å². The third-order valence-electron chi connectivity index (χ3n) is 2.89. The largest absolute Gasteiger partial charge is 0.281 e. The zero-order valence-electron chi connectivity index (χ0n) is 11.2. The van der Waals surface area contributed by atoms with Crippen LogP contribution in [-0.2, 0) is 16.6 Å². The van der Waals surface area contributed by atoms with Crippen molar-refractivity contribution in [2.75, 3.05) is 0 Å². The van der Waals surface area contributed by atoms with Gasteiger partial charge in [0.1, 0.15) is 0 Å². The van der Waals surface area contributed by atoms with Crippen LogP contribution in [0.15, 0.2) is 58.7 Å². The molecular weight excluding hydrogens is 312 g/mol. The summed E-state index contributed by atoms with van der Waals surface area (Å²) in [6.45, 7) is 1.68. The van der Waals surface area contributed by atoms with Gasteiger partial charge < -0.3 is 0 Å². The lowest BCUT2D eigenvalue weighted by molar-refractivity contribution is 0.421. The van der Waals surface area contributed by atoms with Gasteiger partial charge in [-0.05, 0) is 36.8 Å². The van der Waals surface area contributed by atoms with E-state index in [2.05, 4.69) is 5.29 Å². The molecule has 110 valence electrons. The summed E-state index contributed by atoms with van der Waals surface area (Å²) >= 11 is 5.84. The average molecular weight is 325 g/mol. The molecule has 5 nitrogen and oxygen atoms in total. The number of aryl methyl sites for hydroxylation is 1. The molecule has 0 spiro atoms.